The van der Waals surface area contributed by atoms with E-state index in [4.69, 9.17) is 4.74 Å². The highest BCUT2D eigenvalue weighted by Gasteiger charge is 2.61. The molecule has 2 nitrogen and oxygen atoms in total. The normalized spacial score (nSPS) is 32.4. The average molecular weight is 336 g/mol. The van der Waals surface area contributed by atoms with Crippen molar-refractivity contribution in [2.45, 2.75) is 70.8 Å². The molecule has 0 radical (unpaired) electrons. The van der Waals surface area contributed by atoms with E-state index in [-0.39, 0.29) is 18.0 Å². The van der Waals surface area contributed by atoms with Crippen molar-refractivity contribution in [3.8, 4) is 0 Å². The number of halogens is 2. The number of benzene rings is 1. The van der Waals surface area contributed by atoms with Crippen LogP contribution in [0.2, 0.25) is 0 Å². The summed E-state index contributed by atoms with van der Waals surface area (Å²) in [7, 11) is 0. The topological polar surface area (TPSA) is 26.3 Å². The number of ether oxygens (including phenoxy) is 1. The van der Waals surface area contributed by atoms with E-state index >= 15 is 0 Å². The summed E-state index contributed by atoms with van der Waals surface area (Å²) in [6, 6.07) is 3.97. The molecular weight excluding hydrogens is 310 g/mol. The Morgan fingerprint density at radius 3 is 2.75 bits per heavy atom. The van der Waals surface area contributed by atoms with Gasteiger partial charge in [-0.15, -0.1) is 0 Å². The third kappa shape index (κ3) is 3.33. The minimum absolute atomic E-state index is 0.0150. The molecule has 4 heteroatoms. The Morgan fingerprint density at radius 1 is 1.29 bits per heavy atom. The summed E-state index contributed by atoms with van der Waals surface area (Å²) in [6.07, 6.45) is 6.47. The zero-order valence-corrected chi connectivity index (χ0v) is 14.5. The highest BCUT2D eigenvalue weighted by molar-refractivity contribution is 5.82. The quantitative estimate of drug-likeness (QED) is 0.677. The molecule has 0 aromatic heterocycles. The second-order valence-electron chi connectivity index (χ2n) is 7.64. The van der Waals surface area contributed by atoms with Gasteiger partial charge >= 0.3 is 5.97 Å². The maximum atomic E-state index is 13.5. The summed E-state index contributed by atoms with van der Waals surface area (Å²) in [5.74, 6) is -1.29. The molecule has 1 aromatic rings. The molecule has 4 atom stereocenters. The lowest BCUT2D eigenvalue weighted by molar-refractivity contribution is -0.158. The molecule has 2 fully saturated rings. The Kier molecular flexibility index (Phi) is 4.93. The number of carbonyl (C=O) groups excluding carboxylic acids is 1. The van der Waals surface area contributed by atoms with Crippen LogP contribution < -0.4 is 0 Å². The Bertz CT molecular complexity index is 616. The van der Waals surface area contributed by atoms with Crippen LogP contribution in [0.25, 0.3) is 0 Å². The third-order valence-electron chi connectivity index (χ3n) is 5.69. The first-order valence-electron chi connectivity index (χ1n) is 9.12. The number of rotatable bonds is 5. The van der Waals surface area contributed by atoms with E-state index in [0.717, 1.165) is 38.2 Å². The molecule has 3 rings (SSSR count). The van der Waals surface area contributed by atoms with Gasteiger partial charge in [0.05, 0.1) is 5.41 Å². The summed E-state index contributed by atoms with van der Waals surface area (Å²) in [5, 5.41) is 0. The molecule has 2 saturated carbocycles. The van der Waals surface area contributed by atoms with Gasteiger partial charge in [0.25, 0.3) is 0 Å². The maximum absolute atomic E-state index is 13.5. The number of hydrogen-bond donors (Lipinski definition) is 0. The molecule has 1 aromatic carbocycles. The number of esters is 1. The third-order valence-corrected chi connectivity index (χ3v) is 5.69. The standard InChI is InChI=1S/C20H26F2O2/c1-3-9-20(19(23)24-15-6-4-5-13(2)10-15)12-16(20)14-7-8-17(21)18(22)11-14/h7-8,11,13,15-16H,3-6,9-10,12H2,1-2H3/t13?,15?,16-,20-/m0/s1. The van der Waals surface area contributed by atoms with Gasteiger partial charge in [-0.25, -0.2) is 8.78 Å². The van der Waals surface area contributed by atoms with E-state index in [9.17, 15) is 13.6 Å². The largest absolute Gasteiger partial charge is 0.462 e. The average Bonchev–Trinajstić information content (AvgIpc) is 3.26. The molecule has 0 aliphatic heterocycles. The SMILES string of the molecule is CCC[C@]1(C(=O)OC2CCCC(C)C2)C[C@H]1c1ccc(F)c(F)c1. The van der Waals surface area contributed by atoms with Gasteiger partial charge in [-0.05, 0) is 55.7 Å². The van der Waals surface area contributed by atoms with Gasteiger partial charge in [0.15, 0.2) is 11.6 Å². The summed E-state index contributed by atoms with van der Waals surface area (Å²) >= 11 is 0. The fourth-order valence-corrected chi connectivity index (χ4v) is 4.28. The van der Waals surface area contributed by atoms with Crippen molar-refractivity contribution in [2.24, 2.45) is 11.3 Å². The van der Waals surface area contributed by atoms with Gasteiger partial charge in [-0.1, -0.05) is 32.8 Å². The van der Waals surface area contributed by atoms with Crippen LogP contribution in [0.15, 0.2) is 18.2 Å². The maximum Gasteiger partial charge on any atom is 0.312 e. The molecule has 24 heavy (non-hydrogen) atoms. The predicted molar refractivity (Wildman–Crippen MR) is 88.6 cm³/mol. The molecule has 0 N–H and O–H groups in total. The molecule has 0 bridgehead atoms. The molecule has 2 aliphatic rings. The van der Waals surface area contributed by atoms with Crippen molar-refractivity contribution in [3.05, 3.63) is 35.4 Å². The van der Waals surface area contributed by atoms with Crippen LogP contribution in [-0.2, 0) is 9.53 Å². The fourth-order valence-electron chi connectivity index (χ4n) is 4.28. The highest BCUT2D eigenvalue weighted by atomic mass is 19.2. The van der Waals surface area contributed by atoms with Crippen molar-refractivity contribution in [1.82, 2.24) is 0 Å². The van der Waals surface area contributed by atoms with Gasteiger partial charge < -0.3 is 4.74 Å². The van der Waals surface area contributed by atoms with E-state index in [1.54, 1.807) is 6.07 Å². The molecule has 2 aliphatic carbocycles. The molecule has 132 valence electrons. The lowest BCUT2D eigenvalue weighted by atomic mass is 9.88. The first kappa shape index (κ1) is 17.4. The van der Waals surface area contributed by atoms with Crippen LogP contribution in [0.5, 0.6) is 0 Å². The first-order valence-corrected chi connectivity index (χ1v) is 9.12. The van der Waals surface area contributed by atoms with Crippen molar-refractivity contribution >= 4 is 5.97 Å². The van der Waals surface area contributed by atoms with Crippen LogP contribution in [0.3, 0.4) is 0 Å². The molecule has 0 spiro atoms. The smallest absolute Gasteiger partial charge is 0.312 e. The second kappa shape index (κ2) is 6.81. The second-order valence-corrected chi connectivity index (χ2v) is 7.64. The van der Waals surface area contributed by atoms with Crippen LogP contribution in [0, 0.1) is 23.0 Å². The fraction of sp³-hybridized carbons (Fsp3) is 0.650. The summed E-state index contributed by atoms with van der Waals surface area (Å²) in [6.45, 7) is 4.24. The molecule has 0 amide bonds. The van der Waals surface area contributed by atoms with Gasteiger partial charge in [-0.3, -0.25) is 4.79 Å². The highest BCUT2D eigenvalue weighted by Crippen LogP contribution is 2.63. The van der Waals surface area contributed by atoms with Crippen molar-refractivity contribution < 1.29 is 18.3 Å². The zero-order chi connectivity index (χ0) is 17.3. The van der Waals surface area contributed by atoms with Gasteiger partial charge in [0, 0.05) is 5.92 Å². The van der Waals surface area contributed by atoms with Crippen LogP contribution >= 0.6 is 0 Å². The molecule has 0 saturated heterocycles. The predicted octanol–water partition coefficient (Wildman–Crippen LogP) is 5.36. The van der Waals surface area contributed by atoms with E-state index in [1.165, 1.54) is 12.5 Å². The van der Waals surface area contributed by atoms with E-state index in [1.807, 2.05) is 6.92 Å². The minimum atomic E-state index is -0.848. The molecule has 0 heterocycles. The summed E-state index contributed by atoms with van der Waals surface area (Å²) in [5.41, 5.74) is 0.163. The molecule has 2 unspecified atom stereocenters. The zero-order valence-electron chi connectivity index (χ0n) is 14.5. The minimum Gasteiger partial charge on any atom is -0.462 e. The number of carbonyl (C=O) groups is 1. The first-order chi connectivity index (χ1) is 11.5. The van der Waals surface area contributed by atoms with Crippen molar-refractivity contribution in [1.29, 1.82) is 0 Å². The number of hydrogen-bond acceptors (Lipinski definition) is 2. The van der Waals surface area contributed by atoms with E-state index in [0.29, 0.717) is 17.9 Å². The van der Waals surface area contributed by atoms with Gasteiger partial charge in [-0.2, -0.15) is 0 Å². The van der Waals surface area contributed by atoms with Crippen LogP contribution in [-0.4, -0.2) is 12.1 Å². The lowest BCUT2D eigenvalue weighted by Gasteiger charge is -2.28. The Balaban J connectivity index is 1.72. The van der Waals surface area contributed by atoms with E-state index < -0.39 is 17.0 Å². The van der Waals surface area contributed by atoms with Gasteiger partial charge in [0.1, 0.15) is 6.10 Å². The summed E-state index contributed by atoms with van der Waals surface area (Å²) in [4.78, 5) is 12.8. The van der Waals surface area contributed by atoms with Crippen molar-refractivity contribution in [3.63, 3.8) is 0 Å². The van der Waals surface area contributed by atoms with Crippen molar-refractivity contribution in [2.75, 3.05) is 0 Å². The van der Waals surface area contributed by atoms with Crippen LogP contribution in [0.4, 0.5) is 8.78 Å². The Hall–Kier alpha value is -1.45. The van der Waals surface area contributed by atoms with Gasteiger partial charge in [0.2, 0.25) is 0 Å². The summed E-state index contributed by atoms with van der Waals surface area (Å²) < 4.78 is 32.5. The lowest BCUT2D eigenvalue weighted by Crippen LogP contribution is -2.30. The Morgan fingerprint density at radius 2 is 2.08 bits per heavy atom. The monoisotopic (exact) mass is 336 g/mol. The molecular formula is C20H26F2O2. The Labute approximate surface area is 142 Å². The van der Waals surface area contributed by atoms with E-state index in [2.05, 4.69) is 6.92 Å². The van der Waals surface area contributed by atoms with Crippen LogP contribution in [0.1, 0.15) is 70.3 Å².